The Bertz CT molecular complexity index is 511. The van der Waals surface area contributed by atoms with Crippen molar-refractivity contribution in [2.45, 2.75) is 18.7 Å². The van der Waals surface area contributed by atoms with Gasteiger partial charge in [0.2, 0.25) is 0 Å². The van der Waals surface area contributed by atoms with Gasteiger partial charge in [-0.15, -0.1) is 23.1 Å². The highest BCUT2D eigenvalue weighted by atomic mass is 32.2. The Morgan fingerprint density at radius 2 is 1.94 bits per heavy atom. The monoisotopic (exact) mass is 262 g/mol. The molecule has 0 aliphatic heterocycles. The van der Waals surface area contributed by atoms with Gasteiger partial charge in [0, 0.05) is 20.9 Å². The fraction of sp³-hybridized carbons (Fsp3) is 0.214. The van der Waals surface area contributed by atoms with Crippen molar-refractivity contribution in [1.29, 1.82) is 0 Å². The number of ketones is 1. The first-order valence-corrected chi connectivity index (χ1v) is 7.40. The van der Waals surface area contributed by atoms with Crippen molar-refractivity contribution in [3.8, 4) is 0 Å². The third kappa shape index (κ3) is 2.79. The fourth-order valence-electron chi connectivity index (χ4n) is 1.65. The number of hydrogen-bond acceptors (Lipinski definition) is 3. The van der Waals surface area contributed by atoms with E-state index in [1.54, 1.807) is 23.1 Å². The summed E-state index contributed by atoms with van der Waals surface area (Å²) >= 11 is 3.40. The minimum absolute atomic E-state index is 0.122. The third-order valence-electron chi connectivity index (χ3n) is 2.53. The van der Waals surface area contributed by atoms with Crippen molar-refractivity contribution in [1.82, 2.24) is 0 Å². The second kappa shape index (κ2) is 5.52. The highest BCUT2D eigenvalue weighted by Crippen LogP contribution is 2.22. The molecule has 0 radical (unpaired) electrons. The molecule has 2 aromatic rings. The molecule has 1 aromatic carbocycles. The molecule has 0 bridgehead atoms. The van der Waals surface area contributed by atoms with Crippen molar-refractivity contribution in [2.24, 2.45) is 0 Å². The van der Waals surface area contributed by atoms with Crippen molar-refractivity contribution in [3.05, 3.63) is 51.7 Å². The number of aryl methyl sites for hydroxylation is 1. The van der Waals surface area contributed by atoms with E-state index in [2.05, 4.69) is 6.92 Å². The summed E-state index contributed by atoms with van der Waals surface area (Å²) in [5.74, 6) is 1.17. The maximum Gasteiger partial charge on any atom is 0.194 e. The lowest BCUT2D eigenvalue weighted by Gasteiger charge is -2.02. The van der Waals surface area contributed by atoms with Crippen molar-refractivity contribution in [2.75, 3.05) is 5.75 Å². The van der Waals surface area contributed by atoms with Crippen LogP contribution in [0.5, 0.6) is 0 Å². The number of carbonyl (C=O) groups is 1. The summed E-state index contributed by atoms with van der Waals surface area (Å²) < 4.78 is 0. The summed E-state index contributed by atoms with van der Waals surface area (Å²) in [5, 5.41) is 1.96. The topological polar surface area (TPSA) is 17.1 Å². The SMILES string of the molecule is CCSc1ccc(C(=O)c2ccsc2C)cc1. The van der Waals surface area contributed by atoms with E-state index in [1.807, 2.05) is 42.6 Å². The maximum atomic E-state index is 12.2. The fourth-order valence-corrected chi connectivity index (χ4v) is 3.00. The van der Waals surface area contributed by atoms with E-state index < -0.39 is 0 Å². The zero-order chi connectivity index (χ0) is 12.3. The van der Waals surface area contributed by atoms with Crippen LogP contribution in [0, 0.1) is 6.92 Å². The van der Waals surface area contributed by atoms with Crippen LogP contribution in [-0.4, -0.2) is 11.5 Å². The molecule has 0 saturated heterocycles. The zero-order valence-corrected chi connectivity index (χ0v) is 11.5. The number of thiophene rings is 1. The summed E-state index contributed by atoms with van der Waals surface area (Å²) in [4.78, 5) is 14.5. The van der Waals surface area contributed by atoms with E-state index in [0.29, 0.717) is 0 Å². The third-order valence-corrected chi connectivity index (χ3v) is 4.27. The molecule has 3 heteroatoms. The number of benzene rings is 1. The molecule has 0 unspecified atom stereocenters. The molecule has 0 aliphatic rings. The van der Waals surface area contributed by atoms with Gasteiger partial charge in [-0.1, -0.05) is 6.92 Å². The lowest BCUT2D eigenvalue weighted by atomic mass is 10.0. The Labute approximate surface area is 110 Å². The second-order valence-corrected chi connectivity index (χ2v) is 6.13. The lowest BCUT2D eigenvalue weighted by Crippen LogP contribution is -2.00. The Morgan fingerprint density at radius 3 is 2.47 bits per heavy atom. The average molecular weight is 262 g/mol. The number of carbonyl (C=O) groups excluding carboxylic acids is 1. The molecule has 88 valence electrons. The smallest absolute Gasteiger partial charge is 0.194 e. The summed E-state index contributed by atoms with van der Waals surface area (Å²) in [6, 6.07) is 9.76. The standard InChI is InChI=1S/C14H14OS2/c1-3-16-12-6-4-11(5-7-12)14(15)13-8-9-17-10(13)2/h4-9H,3H2,1-2H3. The Hall–Kier alpha value is -1.06. The van der Waals surface area contributed by atoms with Gasteiger partial charge in [-0.25, -0.2) is 0 Å². The molecule has 1 heterocycles. The molecule has 2 rings (SSSR count). The molecule has 0 atom stereocenters. The molecule has 0 saturated carbocycles. The minimum atomic E-state index is 0.122. The van der Waals surface area contributed by atoms with Gasteiger partial charge >= 0.3 is 0 Å². The summed E-state index contributed by atoms with van der Waals surface area (Å²) in [5.41, 5.74) is 1.60. The Kier molecular flexibility index (Phi) is 4.02. The van der Waals surface area contributed by atoms with E-state index in [9.17, 15) is 4.79 Å². The predicted molar refractivity (Wildman–Crippen MR) is 75.3 cm³/mol. The van der Waals surface area contributed by atoms with E-state index in [4.69, 9.17) is 0 Å². The number of rotatable bonds is 4. The van der Waals surface area contributed by atoms with E-state index in [0.717, 1.165) is 21.8 Å². The van der Waals surface area contributed by atoms with Gasteiger partial charge in [0.1, 0.15) is 0 Å². The lowest BCUT2D eigenvalue weighted by molar-refractivity contribution is 0.103. The van der Waals surface area contributed by atoms with Crippen LogP contribution in [0.4, 0.5) is 0 Å². The largest absolute Gasteiger partial charge is 0.289 e. The molecule has 0 aliphatic carbocycles. The molecule has 17 heavy (non-hydrogen) atoms. The Morgan fingerprint density at radius 1 is 1.24 bits per heavy atom. The Balaban J connectivity index is 2.23. The van der Waals surface area contributed by atoms with Crippen LogP contribution in [0.1, 0.15) is 27.7 Å². The van der Waals surface area contributed by atoms with Crippen LogP contribution < -0.4 is 0 Å². The number of thioether (sulfide) groups is 1. The van der Waals surface area contributed by atoms with Crippen LogP contribution in [-0.2, 0) is 0 Å². The molecule has 0 N–H and O–H groups in total. The van der Waals surface area contributed by atoms with Gasteiger partial charge < -0.3 is 0 Å². The minimum Gasteiger partial charge on any atom is -0.289 e. The normalized spacial score (nSPS) is 10.5. The average Bonchev–Trinajstić information content (AvgIpc) is 2.76. The molecular weight excluding hydrogens is 248 g/mol. The molecule has 0 amide bonds. The second-order valence-electron chi connectivity index (χ2n) is 3.68. The highest BCUT2D eigenvalue weighted by molar-refractivity contribution is 7.99. The van der Waals surface area contributed by atoms with Crippen molar-refractivity contribution >= 4 is 28.9 Å². The first-order valence-electron chi connectivity index (χ1n) is 5.54. The summed E-state index contributed by atoms with van der Waals surface area (Å²) in [6.07, 6.45) is 0. The maximum absolute atomic E-state index is 12.2. The van der Waals surface area contributed by atoms with Crippen LogP contribution in [0.3, 0.4) is 0 Å². The van der Waals surface area contributed by atoms with E-state index >= 15 is 0 Å². The first-order chi connectivity index (χ1) is 8.22. The van der Waals surface area contributed by atoms with Gasteiger partial charge in [-0.05, 0) is 48.4 Å². The van der Waals surface area contributed by atoms with Gasteiger partial charge in [0.25, 0.3) is 0 Å². The molecule has 1 aromatic heterocycles. The van der Waals surface area contributed by atoms with Gasteiger partial charge in [-0.3, -0.25) is 4.79 Å². The van der Waals surface area contributed by atoms with Crippen LogP contribution in [0.15, 0.2) is 40.6 Å². The number of hydrogen-bond donors (Lipinski definition) is 0. The van der Waals surface area contributed by atoms with Gasteiger partial charge in [0.15, 0.2) is 5.78 Å². The van der Waals surface area contributed by atoms with Crippen LogP contribution in [0.25, 0.3) is 0 Å². The first kappa shape index (κ1) is 12.4. The zero-order valence-electron chi connectivity index (χ0n) is 9.90. The van der Waals surface area contributed by atoms with Crippen molar-refractivity contribution in [3.63, 3.8) is 0 Å². The van der Waals surface area contributed by atoms with E-state index in [1.165, 1.54) is 4.90 Å². The van der Waals surface area contributed by atoms with Gasteiger partial charge in [0.05, 0.1) is 0 Å². The summed E-state index contributed by atoms with van der Waals surface area (Å²) in [7, 11) is 0. The van der Waals surface area contributed by atoms with Crippen molar-refractivity contribution < 1.29 is 4.79 Å². The van der Waals surface area contributed by atoms with Crippen LogP contribution in [0.2, 0.25) is 0 Å². The summed E-state index contributed by atoms with van der Waals surface area (Å²) in [6.45, 7) is 4.11. The molecule has 0 fully saturated rings. The van der Waals surface area contributed by atoms with E-state index in [-0.39, 0.29) is 5.78 Å². The highest BCUT2D eigenvalue weighted by Gasteiger charge is 2.12. The van der Waals surface area contributed by atoms with Gasteiger partial charge in [-0.2, -0.15) is 0 Å². The molecular formula is C14H14OS2. The molecule has 1 nitrogen and oxygen atoms in total. The predicted octanol–water partition coefficient (Wildman–Crippen LogP) is 4.40. The molecule has 0 spiro atoms. The quantitative estimate of drug-likeness (QED) is 0.600. The van der Waals surface area contributed by atoms with Crippen LogP contribution >= 0.6 is 23.1 Å².